The Hall–Kier alpha value is -1.06. The first-order valence-electron chi connectivity index (χ1n) is 9.12. The van der Waals surface area contributed by atoms with Gasteiger partial charge in [-0.3, -0.25) is 9.59 Å². The van der Waals surface area contributed by atoms with Gasteiger partial charge in [0.2, 0.25) is 11.8 Å². The van der Waals surface area contributed by atoms with Crippen LogP contribution in [0.15, 0.2) is 0 Å². The van der Waals surface area contributed by atoms with E-state index in [-0.39, 0.29) is 11.8 Å². The Morgan fingerprint density at radius 3 is 1.59 bits per heavy atom. The van der Waals surface area contributed by atoms with Crippen molar-refractivity contribution in [2.45, 2.75) is 65.2 Å². The van der Waals surface area contributed by atoms with Gasteiger partial charge in [-0.1, -0.05) is 13.8 Å². The SMILES string of the molecule is CC1CCCN(C(=O)CCCCC(=O)N2CCCC(C)C2)C1. The van der Waals surface area contributed by atoms with Gasteiger partial charge < -0.3 is 9.80 Å². The third-order valence-electron chi connectivity index (χ3n) is 5.05. The molecule has 2 aliphatic heterocycles. The zero-order valence-electron chi connectivity index (χ0n) is 14.4. The molecule has 0 spiro atoms. The standard InChI is InChI=1S/C18H32N2O2/c1-15-7-5-11-19(13-15)17(21)9-3-4-10-18(22)20-12-6-8-16(2)14-20/h15-16H,3-14H2,1-2H3. The molecule has 0 aromatic heterocycles. The third-order valence-corrected chi connectivity index (χ3v) is 5.05. The van der Waals surface area contributed by atoms with Gasteiger partial charge in [0, 0.05) is 39.0 Å². The minimum absolute atomic E-state index is 0.283. The summed E-state index contributed by atoms with van der Waals surface area (Å²) in [5.74, 6) is 1.84. The van der Waals surface area contributed by atoms with Crippen LogP contribution < -0.4 is 0 Å². The Morgan fingerprint density at radius 1 is 0.818 bits per heavy atom. The van der Waals surface area contributed by atoms with Crippen LogP contribution in [0, 0.1) is 11.8 Å². The summed E-state index contributed by atoms with van der Waals surface area (Å²) in [6, 6.07) is 0. The van der Waals surface area contributed by atoms with Crippen molar-refractivity contribution in [3.63, 3.8) is 0 Å². The molecule has 2 atom stereocenters. The van der Waals surface area contributed by atoms with Crippen molar-refractivity contribution in [3.8, 4) is 0 Å². The molecular formula is C18H32N2O2. The van der Waals surface area contributed by atoms with Crippen molar-refractivity contribution in [1.82, 2.24) is 9.80 Å². The first kappa shape index (κ1) is 17.3. The van der Waals surface area contributed by atoms with Crippen molar-refractivity contribution < 1.29 is 9.59 Å². The molecule has 126 valence electrons. The van der Waals surface area contributed by atoms with Crippen LogP contribution in [-0.4, -0.2) is 47.8 Å². The molecule has 4 nitrogen and oxygen atoms in total. The van der Waals surface area contributed by atoms with Crippen molar-refractivity contribution in [1.29, 1.82) is 0 Å². The quantitative estimate of drug-likeness (QED) is 0.732. The van der Waals surface area contributed by atoms with Gasteiger partial charge in [0.15, 0.2) is 0 Å². The molecule has 2 aliphatic rings. The Kier molecular flexibility index (Phi) is 6.71. The van der Waals surface area contributed by atoms with Crippen LogP contribution in [0.4, 0.5) is 0 Å². The third kappa shape index (κ3) is 5.29. The normalized spacial score (nSPS) is 26.1. The van der Waals surface area contributed by atoms with E-state index in [0.29, 0.717) is 24.7 Å². The molecule has 0 aliphatic carbocycles. The maximum absolute atomic E-state index is 12.2. The van der Waals surface area contributed by atoms with Gasteiger partial charge in [-0.25, -0.2) is 0 Å². The van der Waals surface area contributed by atoms with E-state index in [0.717, 1.165) is 51.9 Å². The zero-order valence-corrected chi connectivity index (χ0v) is 14.4. The molecule has 2 unspecified atom stereocenters. The molecule has 0 bridgehead atoms. The van der Waals surface area contributed by atoms with Crippen molar-refractivity contribution in [2.24, 2.45) is 11.8 Å². The Morgan fingerprint density at radius 2 is 1.23 bits per heavy atom. The second-order valence-electron chi connectivity index (χ2n) is 7.38. The van der Waals surface area contributed by atoms with Gasteiger partial charge in [0.1, 0.15) is 0 Å². The Balaban J connectivity index is 1.60. The van der Waals surface area contributed by atoms with Gasteiger partial charge in [-0.2, -0.15) is 0 Å². The van der Waals surface area contributed by atoms with Gasteiger partial charge in [-0.15, -0.1) is 0 Å². The van der Waals surface area contributed by atoms with E-state index in [1.54, 1.807) is 0 Å². The molecule has 0 aromatic carbocycles. The molecule has 4 heteroatoms. The van der Waals surface area contributed by atoms with E-state index in [9.17, 15) is 9.59 Å². The molecule has 0 aromatic rings. The topological polar surface area (TPSA) is 40.6 Å². The van der Waals surface area contributed by atoms with Crippen LogP contribution in [-0.2, 0) is 9.59 Å². The Bertz CT molecular complexity index is 347. The number of nitrogens with zero attached hydrogens (tertiary/aromatic N) is 2. The van der Waals surface area contributed by atoms with E-state index < -0.39 is 0 Å². The summed E-state index contributed by atoms with van der Waals surface area (Å²) in [5.41, 5.74) is 0. The van der Waals surface area contributed by atoms with Crippen LogP contribution >= 0.6 is 0 Å². The predicted octanol–water partition coefficient (Wildman–Crippen LogP) is 3.06. The first-order chi connectivity index (χ1) is 10.6. The highest BCUT2D eigenvalue weighted by Crippen LogP contribution is 2.18. The van der Waals surface area contributed by atoms with E-state index in [4.69, 9.17) is 0 Å². The van der Waals surface area contributed by atoms with Crippen LogP contribution in [0.25, 0.3) is 0 Å². The number of piperidine rings is 2. The second-order valence-corrected chi connectivity index (χ2v) is 7.38. The summed E-state index contributed by atoms with van der Waals surface area (Å²) in [7, 11) is 0. The van der Waals surface area contributed by atoms with Crippen LogP contribution in [0.2, 0.25) is 0 Å². The minimum Gasteiger partial charge on any atom is -0.342 e. The molecule has 2 rings (SSSR count). The lowest BCUT2D eigenvalue weighted by Gasteiger charge is -2.31. The molecule has 2 heterocycles. The lowest BCUT2D eigenvalue weighted by Crippen LogP contribution is -2.39. The number of carbonyl (C=O) groups is 2. The average Bonchev–Trinajstić information content (AvgIpc) is 2.51. The number of unbranched alkanes of at least 4 members (excludes halogenated alkanes) is 1. The lowest BCUT2D eigenvalue weighted by molar-refractivity contribution is -0.134. The largest absolute Gasteiger partial charge is 0.342 e. The van der Waals surface area contributed by atoms with Gasteiger partial charge in [-0.05, 0) is 50.4 Å². The number of hydrogen-bond donors (Lipinski definition) is 0. The molecule has 2 saturated heterocycles. The number of carbonyl (C=O) groups excluding carboxylic acids is 2. The maximum Gasteiger partial charge on any atom is 0.222 e. The average molecular weight is 308 g/mol. The molecule has 0 saturated carbocycles. The Labute approximate surface area is 135 Å². The summed E-state index contributed by atoms with van der Waals surface area (Å²) in [6.45, 7) is 8.13. The van der Waals surface area contributed by atoms with E-state index in [1.165, 1.54) is 12.8 Å². The summed E-state index contributed by atoms with van der Waals surface area (Å²) < 4.78 is 0. The molecular weight excluding hydrogens is 276 g/mol. The van der Waals surface area contributed by atoms with Crippen molar-refractivity contribution >= 4 is 11.8 Å². The van der Waals surface area contributed by atoms with Gasteiger partial charge in [0.25, 0.3) is 0 Å². The number of hydrogen-bond acceptors (Lipinski definition) is 2. The van der Waals surface area contributed by atoms with Crippen LogP contribution in [0.1, 0.15) is 65.2 Å². The lowest BCUT2D eigenvalue weighted by atomic mass is 9.99. The highest BCUT2D eigenvalue weighted by atomic mass is 16.2. The summed E-state index contributed by atoms with van der Waals surface area (Å²) in [6.07, 6.45) is 7.67. The monoisotopic (exact) mass is 308 g/mol. The number of amides is 2. The highest BCUT2D eigenvalue weighted by Gasteiger charge is 2.22. The minimum atomic E-state index is 0.283. The zero-order chi connectivity index (χ0) is 15.9. The van der Waals surface area contributed by atoms with E-state index in [2.05, 4.69) is 13.8 Å². The summed E-state index contributed by atoms with van der Waals surface area (Å²) in [4.78, 5) is 28.4. The van der Waals surface area contributed by atoms with E-state index in [1.807, 2.05) is 9.80 Å². The fraction of sp³-hybridized carbons (Fsp3) is 0.889. The maximum atomic E-state index is 12.2. The van der Waals surface area contributed by atoms with Gasteiger partial charge >= 0.3 is 0 Å². The summed E-state index contributed by atoms with van der Waals surface area (Å²) >= 11 is 0. The number of likely N-dealkylation sites (tertiary alicyclic amines) is 2. The van der Waals surface area contributed by atoms with Crippen molar-refractivity contribution in [3.05, 3.63) is 0 Å². The smallest absolute Gasteiger partial charge is 0.222 e. The molecule has 22 heavy (non-hydrogen) atoms. The fourth-order valence-corrected chi connectivity index (χ4v) is 3.70. The van der Waals surface area contributed by atoms with Crippen molar-refractivity contribution in [2.75, 3.05) is 26.2 Å². The summed E-state index contributed by atoms with van der Waals surface area (Å²) in [5, 5.41) is 0. The predicted molar refractivity (Wildman–Crippen MR) is 88.4 cm³/mol. The molecule has 2 fully saturated rings. The second kappa shape index (κ2) is 8.54. The number of rotatable bonds is 5. The van der Waals surface area contributed by atoms with E-state index >= 15 is 0 Å². The molecule has 0 radical (unpaired) electrons. The molecule has 2 amide bonds. The fourth-order valence-electron chi connectivity index (χ4n) is 3.70. The highest BCUT2D eigenvalue weighted by molar-refractivity contribution is 5.77. The molecule has 0 N–H and O–H groups in total. The first-order valence-corrected chi connectivity index (χ1v) is 9.12. The van der Waals surface area contributed by atoms with Crippen LogP contribution in [0.5, 0.6) is 0 Å². The van der Waals surface area contributed by atoms with Crippen LogP contribution in [0.3, 0.4) is 0 Å². The van der Waals surface area contributed by atoms with Gasteiger partial charge in [0.05, 0.1) is 0 Å².